The number of nitrogens with zero attached hydrogens (tertiary/aromatic N) is 4. The molecule has 2 aromatic heterocycles. The van der Waals surface area contributed by atoms with Gasteiger partial charge in [-0.15, -0.1) is 0 Å². The first kappa shape index (κ1) is 37.0. The van der Waals surface area contributed by atoms with Crippen LogP contribution in [0.15, 0.2) is 60.7 Å². The monoisotopic (exact) mass is 744 g/mol. The van der Waals surface area contributed by atoms with Crippen LogP contribution in [0.5, 0.6) is 5.75 Å². The van der Waals surface area contributed by atoms with Crippen molar-refractivity contribution >= 4 is 49.7 Å². The minimum atomic E-state index is -0.589. The number of fused-ring (bicyclic) bond motifs is 2. The van der Waals surface area contributed by atoms with E-state index in [1.54, 1.807) is 11.9 Å². The van der Waals surface area contributed by atoms with Gasteiger partial charge in [0.1, 0.15) is 17.0 Å². The van der Waals surface area contributed by atoms with Crippen LogP contribution in [-0.4, -0.2) is 63.7 Å². The van der Waals surface area contributed by atoms with Crippen LogP contribution in [0.1, 0.15) is 74.9 Å². The highest BCUT2D eigenvalue weighted by Crippen LogP contribution is 2.39. The maximum atomic E-state index is 13.9. The summed E-state index contributed by atoms with van der Waals surface area (Å²) in [4.78, 5) is 28.3. The molecule has 1 amide bonds. The molecule has 5 aromatic rings. The molecule has 266 valence electrons. The maximum absolute atomic E-state index is 13.9. The summed E-state index contributed by atoms with van der Waals surface area (Å²) < 4.78 is 21.7. The third kappa shape index (κ3) is 8.01. The van der Waals surface area contributed by atoms with Crippen molar-refractivity contribution < 1.29 is 23.8 Å². The zero-order valence-corrected chi connectivity index (χ0v) is 31.9. The highest BCUT2D eigenvalue weighted by molar-refractivity contribution is 9.08. The fourth-order valence-electron chi connectivity index (χ4n) is 6.67. The van der Waals surface area contributed by atoms with E-state index in [9.17, 15) is 9.59 Å². The number of carbonyl (C=O) groups excluding carboxylic acids is 2. The van der Waals surface area contributed by atoms with Gasteiger partial charge in [-0.25, -0.2) is 9.59 Å². The van der Waals surface area contributed by atoms with E-state index in [0.717, 1.165) is 61.9 Å². The summed E-state index contributed by atoms with van der Waals surface area (Å²) in [5.41, 5.74) is 6.00. The highest BCUT2D eigenvalue weighted by atomic mass is 79.9. The summed E-state index contributed by atoms with van der Waals surface area (Å²) in [6.07, 6.45) is 2.33. The fraction of sp³-hybridized carbons (Fsp3) is 0.425. The van der Waals surface area contributed by atoms with Gasteiger partial charge in [0.2, 0.25) is 0 Å². The van der Waals surface area contributed by atoms with E-state index in [1.807, 2.05) is 63.7 Å². The Hall–Kier alpha value is -4.31. The average Bonchev–Trinajstić information content (AvgIpc) is 3.59. The number of alkyl halides is 1. The number of hydrogen-bond donors (Lipinski definition) is 0. The van der Waals surface area contributed by atoms with E-state index in [-0.39, 0.29) is 18.7 Å². The number of para-hydroxylation sites is 1. The van der Waals surface area contributed by atoms with Crippen LogP contribution >= 0.6 is 15.9 Å². The number of hydrogen-bond acceptors (Lipinski definition) is 6. The van der Waals surface area contributed by atoms with Crippen molar-refractivity contribution in [3.63, 3.8) is 0 Å². The van der Waals surface area contributed by atoms with E-state index < -0.39 is 5.60 Å². The molecule has 0 fully saturated rings. The smallest absolute Gasteiger partial charge is 0.410 e. The van der Waals surface area contributed by atoms with Crippen molar-refractivity contribution in [2.45, 2.75) is 77.8 Å². The lowest BCUT2D eigenvalue weighted by molar-refractivity contribution is 0.0294. The molecule has 0 N–H and O–H groups in total. The van der Waals surface area contributed by atoms with Gasteiger partial charge in [-0.1, -0.05) is 77.5 Å². The minimum absolute atomic E-state index is 0.258. The lowest BCUT2D eigenvalue weighted by Gasteiger charge is -2.24. The van der Waals surface area contributed by atoms with E-state index in [2.05, 4.69) is 63.8 Å². The number of aryl methyl sites for hydroxylation is 3. The Labute approximate surface area is 303 Å². The number of benzene rings is 3. The van der Waals surface area contributed by atoms with Gasteiger partial charge in [0.15, 0.2) is 0 Å². The SMILES string of the molecule is CCOC(=O)c1c(CCCOc2cccc3ccccc23)c2cccc(-c3c(CBr)nn(C)c3CC)c2n1CCCN(C)C(=O)OC(C)(C)C. The Morgan fingerprint density at radius 2 is 1.68 bits per heavy atom. The molecule has 0 aliphatic carbocycles. The minimum Gasteiger partial charge on any atom is -0.493 e. The molecule has 5 rings (SSSR count). The van der Waals surface area contributed by atoms with Crippen molar-refractivity contribution in [2.75, 3.05) is 26.8 Å². The van der Waals surface area contributed by atoms with Crippen LogP contribution in [-0.2, 0) is 41.2 Å². The normalized spacial score (nSPS) is 11.7. The molecular weight excluding hydrogens is 696 g/mol. The number of rotatable bonds is 14. The Bertz CT molecular complexity index is 1970. The number of amides is 1. The molecular formula is C40H49BrN4O5. The summed E-state index contributed by atoms with van der Waals surface area (Å²) in [5.74, 6) is 0.487. The van der Waals surface area contributed by atoms with Gasteiger partial charge in [-0.2, -0.15) is 5.10 Å². The first-order valence-electron chi connectivity index (χ1n) is 17.5. The number of ether oxygens (including phenoxy) is 3. The fourth-order valence-corrected chi connectivity index (χ4v) is 7.06. The predicted octanol–water partition coefficient (Wildman–Crippen LogP) is 9.10. The first-order valence-corrected chi connectivity index (χ1v) is 18.6. The van der Waals surface area contributed by atoms with Gasteiger partial charge >= 0.3 is 12.1 Å². The summed E-state index contributed by atoms with van der Waals surface area (Å²) in [6.45, 7) is 11.2. The summed E-state index contributed by atoms with van der Waals surface area (Å²) in [6, 6.07) is 20.6. The largest absolute Gasteiger partial charge is 0.493 e. The van der Waals surface area contributed by atoms with Crippen LogP contribution in [0.3, 0.4) is 0 Å². The van der Waals surface area contributed by atoms with E-state index in [0.29, 0.717) is 50.0 Å². The van der Waals surface area contributed by atoms with Crippen molar-refractivity contribution in [3.05, 3.63) is 83.3 Å². The van der Waals surface area contributed by atoms with Crippen molar-refractivity contribution in [1.29, 1.82) is 0 Å². The lowest BCUT2D eigenvalue weighted by Crippen LogP contribution is -2.35. The van der Waals surface area contributed by atoms with Gasteiger partial charge in [0.05, 0.1) is 24.4 Å². The summed E-state index contributed by atoms with van der Waals surface area (Å²) >= 11 is 3.68. The number of halogens is 1. The third-order valence-corrected chi connectivity index (χ3v) is 9.31. The van der Waals surface area contributed by atoms with Crippen molar-refractivity contribution in [1.82, 2.24) is 19.2 Å². The molecule has 10 heteroatoms. The lowest BCUT2D eigenvalue weighted by atomic mass is 9.97. The quantitative estimate of drug-likeness (QED) is 0.0641. The van der Waals surface area contributed by atoms with Crippen LogP contribution in [0.25, 0.3) is 32.8 Å². The molecule has 0 saturated carbocycles. The molecule has 0 aliphatic rings. The zero-order valence-electron chi connectivity index (χ0n) is 30.3. The predicted molar refractivity (Wildman–Crippen MR) is 203 cm³/mol. The van der Waals surface area contributed by atoms with E-state index in [4.69, 9.17) is 19.3 Å². The van der Waals surface area contributed by atoms with Gasteiger partial charge in [0, 0.05) is 60.1 Å². The molecule has 9 nitrogen and oxygen atoms in total. The second-order valence-electron chi connectivity index (χ2n) is 13.5. The molecule has 3 aromatic carbocycles. The molecule has 0 aliphatic heterocycles. The Balaban J connectivity index is 1.56. The van der Waals surface area contributed by atoms with Gasteiger partial charge in [-0.05, 0) is 70.4 Å². The van der Waals surface area contributed by atoms with Crippen LogP contribution < -0.4 is 4.74 Å². The molecule has 0 unspecified atom stereocenters. The summed E-state index contributed by atoms with van der Waals surface area (Å²) in [7, 11) is 3.72. The average molecular weight is 746 g/mol. The third-order valence-electron chi connectivity index (χ3n) is 8.78. The molecule has 2 heterocycles. The molecule has 0 radical (unpaired) electrons. The number of esters is 1. The summed E-state index contributed by atoms with van der Waals surface area (Å²) in [5, 5.41) is 8.65. The van der Waals surface area contributed by atoms with Gasteiger partial charge in [0.25, 0.3) is 0 Å². The zero-order chi connectivity index (χ0) is 36.0. The van der Waals surface area contributed by atoms with Crippen molar-refractivity contribution in [3.8, 4) is 16.9 Å². The first-order chi connectivity index (χ1) is 24.0. The second-order valence-corrected chi connectivity index (χ2v) is 14.0. The molecule has 0 spiro atoms. The maximum Gasteiger partial charge on any atom is 0.410 e. The van der Waals surface area contributed by atoms with E-state index in [1.165, 1.54) is 0 Å². The van der Waals surface area contributed by atoms with Crippen LogP contribution in [0, 0.1) is 0 Å². The molecule has 0 saturated heterocycles. The van der Waals surface area contributed by atoms with Crippen LogP contribution in [0.2, 0.25) is 0 Å². The number of carbonyl (C=O) groups is 2. The topological polar surface area (TPSA) is 87.8 Å². The van der Waals surface area contributed by atoms with Gasteiger partial charge < -0.3 is 23.7 Å². The molecule has 0 bridgehead atoms. The van der Waals surface area contributed by atoms with Crippen LogP contribution in [0.4, 0.5) is 4.79 Å². The van der Waals surface area contributed by atoms with Gasteiger partial charge in [-0.3, -0.25) is 4.68 Å². The number of aromatic nitrogens is 3. The Kier molecular flexibility index (Phi) is 11.9. The molecule has 0 atom stereocenters. The Morgan fingerprint density at radius 3 is 2.40 bits per heavy atom. The second kappa shape index (κ2) is 16.1. The Morgan fingerprint density at radius 1 is 0.960 bits per heavy atom. The molecule has 50 heavy (non-hydrogen) atoms. The van der Waals surface area contributed by atoms with Crippen molar-refractivity contribution in [2.24, 2.45) is 7.05 Å². The highest BCUT2D eigenvalue weighted by Gasteiger charge is 2.28. The van der Waals surface area contributed by atoms with E-state index >= 15 is 0 Å². The standard InChI is InChI=1S/C40H49BrN4O5/c1-8-33-35(32(26-41)42-44(33)7)31-20-13-19-29-30(21-14-25-49-34-22-12-17-27-16-10-11-18-28(27)34)37(38(46)48-9-2)45(36(29)31)24-15-23-43(6)39(47)50-40(3,4)5/h10-13,16-20,22H,8-9,14-15,21,23-26H2,1-7H3.